The first-order valence-corrected chi connectivity index (χ1v) is 6.97. The fourth-order valence-electron chi connectivity index (χ4n) is 1.55. The second kappa shape index (κ2) is 7.75. The number of hydrogen-bond acceptors (Lipinski definition) is 3. The molecular weight excluding hydrogens is 230 g/mol. The summed E-state index contributed by atoms with van der Waals surface area (Å²) in [5.41, 5.74) is 1.34. The second-order valence-electron chi connectivity index (χ2n) is 4.57. The summed E-state index contributed by atoms with van der Waals surface area (Å²) >= 11 is 1.86. The molecule has 96 valence electrons. The van der Waals surface area contributed by atoms with E-state index in [1.165, 1.54) is 10.5 Å². The first-order valence-electron chi connectivity index (χ1n) is 6.09. The normalized spacial score (nSPS) is 13.0. The van der Waals surface area contributed by atoms with Crippen molar-refractivity contribution in [1.29, 1.82) is 0 Å². The van der Waals surface area contributed by atoms with Crippen LogP contribution in [0.1, 0.15) is 26.3 Å². The van der Waals surface area contributed by atoms with Crippen LogP contribution in [-0.2, 0) is 11.3 Å². The van der Waals surface area contributed by atoms with Crippen molar-refractivity contribution in [3.05, 3.63) is 29.8 Å². The zero-order valence-electron chi connectivity index (χ0n) is 11.2. The van der Waals surface area contributed by atoms with Crippen LogP contribution in [0.3, 0.4) is 0 Å². The maximum atomic E-state index is 5.15. The lowest BCUT2D eigenvalue weighted by atomic mass is 10.2. The van der Waals surface area contributed by atoms with Gasteiger partial charge in [-0.25, -0.2) is 0 Å². The molecule has 0 radical (unpaired) electrons. The Labute approximate surface area is 109 Å². The van der Waals surface area contributed by atoms with Gasteiger partial charge in [-0.15, -0.1) is 11.8 Å². The van der Waals surface area contributed by atoms with Crippen molar-refractivity contribution in [3.63, 3.8) is 0 Å². The molecule has 0 saturated carbocycles. The van der Waals surface area contributed by atoms with Crippen LogP contribution >= 0.6 is 11.8 Å². The molecule has 0 aliphatic rings. The van der Waals surface area contributed by atoms with Crippen LogP contribution in [0.25, 0.3) is 0 Å². The third kappa shape index (κ3) is 6.10. The van der Waals surface area contributed by atoms with Crippen LogP contribution in [0.2, 0.25) is 0 Å². The van der Waals surface area contributed by atoms with Crippen molar-refractivity contribution in [2.75, 3.05) is 13.7 Å². The van der Waals surface area contributed by atoms with Gasteiger partial charge in [0.1, 0.15) is 0 Å². The van der Waals surface area contributed by atoms with Gasteiger partial charge in [0.15, 0.2) is 0 Å². The molecule has 3 heteroatoms. The molecule has 0 aliphatic carbocycles. The van der Waals surface area contributed by atoms with E-state index in [1.54, 1.807) is 7.11 Å². The number of benzene rings is 1. The Morgan fingerprint density at radius 3 is 2.71 bits per heavy atom. The van der Waals surface area contributed by atoms with E-state index >= 15 is 0 Å². The van der Waals surface area contributed by atoms with Crippen molar-refractivity contribution in [2.24, 2.45) is 0 Å². The van der Waals surface area contributed by atoms with Gasteiger partial charge < -0.3 is 10.1 Å². The molecular formula is C14H23NOS. The van der Waals surface area contributed by atoms with E-state index in [0.29, 0.717) is 11.3 Å². The molecule has 0 bridgehead atoms. The highest BCUT2D eigenvalue weighted by atomic mass is 32.2. The van der Waals surface area contributed by atoms with E-state index in [0.717, 1.165) is 13.2 Å². The van der Waals surface area contributed by atoms with Gasteiger partial charge in [-0.1, -0.05) is 32.9 Å². The maximum Gasteiger partial charge on any atom is 0.0582 e. The molecule has 0 aromatic heterocycles. The van der Waals surface area contributed by atoms with Gasteiger partial charge in [-0.05, 0) is 17.7 Å². The van der Waals surface area contributed by atoms with Gasteiger partial charge in [0.05, 0.1) is 6.61 Å². The summed E-state index contributed by atoms with van der Waals surface area (Å²) in [6, 6.07) is 9.24. The van der Waals surface area contributed by atoms with Crippen LogP contribution in [-0.4, -0.2) is 25.0 Å². The number of ether oxygens (including phenoxy) is 1. The first-order chi connectivity index (χ1) is 8.11. The topological polar surface area (TPSA) is 21.3 Å². The summed E-state index contributed by atoms with van der Waals surface area (Å²) in [6.45, 7) is 8.25. The third-order valence-electron chi connectivity index (χ3n) is 2.35. The Kier molecular flexibility index (Phi) is 6.63. The van der Waals surface area contributed by atoms with Crippen molar-refractivity contribution in [3.8, 4) is 0 Å². The van der Waals surface area contributed by atoms with E-state index in [4.69, 9.17) is 4.74 Å². The molecule has 0 saturated heterocycles. The van der Waals surface area contributed by atoms with Crippen LogP contribution in [0, 0.1) is 0 Å². The van der Waals surface area contributed by atoms with Gasteiger partial charge in [0, 0.05) is 29.8 Å². The molecule has 1 aromatic rings. The minimum Gasteiger partial charge on any atom is -0.384 e. The fourth-order valence-corrected chi connectivity index (χ4v) is 2.60. The molecule has 1 atom stereocenters. The molecule has 1 N–H and O–H groups in total. The van der Waals surface area contributed by atoms with E-state index in [-0.39, 0.29) is 0 Å². The fraction of sp³-hybridized carbons (Fsp3) is 0.571. The van der Waals surface area contributed by atoms with Gasteiger partial charge in [0.25, 0.3) is 0 Å². The molecule has 1 aromatic carbocycles. The molecule has 1 rings (SSSR count). The highest BCUT2D eigenvalue weighted by molar-refractivity contribution is 8.00. The summed E-state index contributed by atoms with van der Waals surface area (Å²) in [5.74, 6) is 0. The molecule has 0 aliphatic heterocycles. The molecule has 0 amide bonds. The Morgan fingerprint density at radius 1 is 1.29 bits per heavy atom. The SMILES string of the molecule is COCC(C)Sc1cccc(CNC(C)C)c1. The maximum absolute atomic E-state index is 5.15. The van der Waals surface area contributed by atoms with Crippen molar-refractivity contribution in [1.82, 2.24) is 5.32 Å². The van der Waals surface area contributed by atoms with Crippen LogP contribution in [0.4, 0.5) is 0 Å². The van der Waals surface area contributed by atoms with E-state index in [9.17, 15) is 0 Å². The highest BCUT2D eigenvalue weighted by Crippen LogP contribution is 2.24. The van der Waals surface area contributed by atoms with E-state index < -0.39 is 0 Å². The lowest BCUT2D eigenvalue weighted by molar-refractivity contribution is 0.203. The summed E-state index contributed by atoms with van der Waals surface area (Å²) in [7, 11) is 1.75. The number of rotatable bonds is 7. The standard InChI is InChI=1S/C14H23NOS/c1-11(2)15-9-13-6-5-7-14(8-13)17-12(3)10-16-4/h5-8,11-12,15H,9-10H2,1-4H3. The average molecular weight is 253 g/mol. The summed E-state index contributed by atoms with van der Waals surface area (Å²) in [6.07, 6.45) is 0. The quantitative estimate of drug-likeness (QED) is 0.753. The van der Waals surface area contributed by atoms with Gasteiger partial charge in [0.2, 0.25) is 0 Å². The number of nitrogens with one attached hydrogen (secondary N) is 1. The minimum absolute atomic E-state index is 0.494. The minimum atomic E-state index is 0.494. The van der Waals surface area contributed by atoms with Gasteiger partial charge in [-0.2, -0.15) is 0 Å². The summed E-state index contributed by atoms with van der Waals surface area (Å²) in [4.78, 5) is 1.32. The largest absolute Gasteiger partial charge is 0.384 e. The summed E-state index contributed by atoms with van der Waals surface area (Å²) in [5, 5.41) is 3.93. The monoisotopic (exact) mass is 253 g/mol. The van der Waals surface area contributed by atoms with Gasteiger partial charge in [-0.3, -0.25) is 0 Å². The predicted octanol–water partition coefficient (Wildman–Crippen LogP) is 3.31. The highest BCUT2D eigenvalue weighted by Gasteiger charge is 2.04. The smallest absolute Gasteiger partial charge is 0.0582 e. The zero-order valence-corrected chi connectivity index (χ0v) is 12.0. The van der Waals surface area contributed by atoms with Crippen LogP contribution < -0.4 is 5.32 Å². The molecule has 0 fully saturated rings. The number of methoxy groups -OCH3 is 1. The van der Waals surface area contributed by atoms with Crippen molar-refractivity contribution in [2.45, 2.75) is 43.5 Å². The van der Waals surface area contributed by atoms with Crippen molar-refractivity contribution >= 4 is 11.8 Å². The molecule has 1 unspecified atom stereocenters. The Hall–Kier alpha value is -0.510. The van der Waals surface area contributed by atoms with E-state index in [1.807, 2.05) is 11.8 Å². The molecule has 0 spiro atoms. The van der Waals surface area contributed by atoms with Gasteiger partial charge >= 0.3 is 0 Å². The summed E-state index contributed by atoms with van der Waals surface area (Å²) < 4.78 is 5.15. The number of hydrogen-bond donors (Lipinski definition) is 1. The molecule has 0 heterocycles. The Morgan fingerprint density at radius 2 is 2.06 bits per heavy atom. The Bertz CT molecular complexity index is 328. The number of thioether (sulfide) groups is 1. The second-order valence-corrected chi connectivity index (χ2v) is 6.08. The van der Waals surface area contributed by atoms with Crippen molar-refractivity contribution < 1.29 is 4.74 Å². The van der Waals surface area contributed by atoms with Crippen LogP contribution in [0.15, 0.2) is 29.2 Å². The lowest BCUT2D eigenvalue weighted by Gasteiger charge is -2.12. The average Bonchev–Trinajstić information content (AvgIpc) is 2.27. The predicted molar refractivity (Wildman–Crippen MR) is 75.6 cm³/mol. The first kappa shape index (κ1) is 14.6. The van der Waals surface area contributed by atoms with E-state index in [2.05, 4.69) is 50.4 Å². The Balaban J connectivity index is 2.53. The molecule has 17 heavy (non-hydrogen) atoms. The third-order valence-corrected chi connectivity index (χ3v) is 3.42. The lowest BCUT2D eigenvalue weighted by Crippen LogP contribution is -2.21. The van der Waals surface area contributed by atoms with Crippen LogP contribution in [0.5, 0.6) is 0 Å². The molecule has 2 nitrogen and oxygen atoms in total. The zero-order chi connectivity index (χ0) is 12.7.